The number of fused-ring (bicyclic) bond motifs is 2. The van der Waals surface area contributed by atoms with E-state index in [0.29, 0.717) is 38.6 Å². The average molecular weight is 632 g/mol. The number of benzene rings is 1. The van der Waals surface area contributed by atoms with Crippen LogP contribution in [0, 0.1) is 5.92 Å². The summed E-state index contributed by atoms with van der Waals surface area (Å²) in [5, 5.41) is 5.54. The summed E-state index contributed by atoms with van der Waals surface area (Å²) in [4.78, 5) is 55.1. The minimum absolute atomic E-state index is 0.0593. The number of nitrogens with zero attached hydrogens (tertiary/aromatic N) is 2. The minimum Gasteiger partial charge on any atom is -0.444 e. The standard InChI is InChI=1S/C31H45N5O7S/c1-30(2,3)43-29(40)32-24-17-12-7-5-6-11-16-23-20-31(23,33-26(37)25-18-13-19-36(25)27(24)38)28(39)34-44(41,42)35(4)21-22-14-9-8-10-15-22/h8-11,14-16,23-25H,5-7,12-13,17-21H2,1-4H3,(H,32,40)(H,33,37)(H,34,39)/b16-11-/t23-,24-,25-,31+/m0/s1. The van der Waals surface area contributed by atoms with Gasteiger partial charge in [0.05, 0.1) is 0 Å². The maximum atomic E-state index is 13.7. The van der Waals surface area contributed by atoms with Crippen LogP contribution < -0.4 is 15.4 Å². The molecule has 1 aliphatic carbocycles. The number of hydrogen-bond acceptors (Lipinski definition) is 7. The fourth-order valence-corrected chi connectivity index (χ4v) is 6.65. The summed E-state index contributed by atoms with van der Waals surface area (Å²) in [6.45, 7) is 5.60. The molecule has 2 aliphatic heterocycles. The van der Waals surface area contributed by atoms with Crippen molar-refractivity contribution in [1.82, 2.24) is 24.6 Å². The lowest BCUT2D eigenvalue weighted by Gasteiger charge is -2.30. The Morgan fingerprint density at radius 2 is 1.82 bits per heavy atom. The van der Waals surface area contributed by atoms with Gasteiger partial charge in [-0.1, -0.05) is 55.3 Å². The van der Waals surface area contributed by atoms with Gasteiger partial charge in [0.15, 0.2) is 0 Å². The van der Waals surface area contributed by atoms with Crippen molar-refractivity contribution in [3.8, 4) is 0 Å². The third-order valence-electron chi connectivity index (χ3n) is 8.21. The van der Waals surface area contributed by atoms with Crippen molar-refractivity contribution in [3.63, 3.8) is 0 Å². The van der Waals surface area contributed by atoms with Crippen LogP contribution in [0.15, 0.2) is 42.5 Å². The smallest absolute Gasteiger partial charge is 0.408 e. The highest BCUT2D eigenvalue weighted by Crippen LogP contribution is 2.45. The van der Waals surface area contributed by atoms with Gasteiger partial charge in [0.1, 0.15) is 23.2 Å². The molecule has 3 N–H and O–H groups in total. The van der Waals surface area contributed by atoms with Crippen molar-refractivity contribution < 1.29 is 32.3 Å². The first-order chi connectivity index (χ1) is 20.7. The molecule has 1 saturated carbocycles. The Morgan fingerprint density at radius 1 is 1.09 bits per heavy atom. The third kappa shape index (κ3) is 8.38. The number of carbonyl (C=O) groups is 4. The van der Waals surface area contributed by atoms with E-state index in [-0.39, 0.29) is 18.9 Å². The summed E-state index contributed by atoms with van der Waals surface area (Å²) >= 11 is 0. The van der Waals surface area contributed by atoms with Gasteiger partial charge in [-0.05, 0) is 64.9 Å². The Kier molecular flexibility index (Phi) is 10.4. The van der Waals surface area contributed by atoms with Crippen LogP contribution in [0.3, 0.4) is 0 Å². The van der Waals surface area contributed by atoms with E-state index in [9.17, 15) is 27.6 Å². The van der Waals surface area contributed by atoms with Gasteiger partial charge < -0.3 is 20.3 Å². The Bertz CT molecular complexity index is 1360. The van der Waals surface area contributed by atoms with Gasteiger partial charge in [0.2, 0.25) is 11.8 Å². The normalized spacial score (nSPS) is 27.2. The monoisotopic (exact) mass is 631 g/mol. The van der Waals surface area contributed by atoms with E-state index in [4.69, 9.17) is 4.74 Å². The fraction of sp³-hybridized carbons (Fsp3) is 0.613. The van der Waals surface area contributed by atoms with Crippen LogP contribution in [0.4, 0.5) is 4.79 Å². The molecule has 0 bridgehead atoms. The lowest BCUT2D eigenvalue weighted by atomic mass is 10.0. The van der Waals surface area contributed by atoms with Gasteiger partial charge in [0.25, 0.3) is 5.91 Å². The highest BCUT2D eigenvalue weighted by Gasteiger charge is 2.61. The summed E-state index contributed by atoms with van der Waals surface area (Å²) in [5.74, 6) is -2.11. The molecule has 0 radical (unpaired) electrons. The molecule has 12 nitrogen and oxygen atoms in total. The molecule has 1 aromatic carbocycles. The summed E-state index contributed by atoms with van der Waals surface area (Å²) in [6.07, 6.45) is 7.75. The highest BCUT2D eigenvalue weighted by molar-refractivity contribution is 7.87. The summed E-state index contributed by atoms with van der Waals surface area (Å²) in [5.41, 5.74) is -1.44. The van der Waals surface area contributed by atoms with Gasteiger partial charge in [-0.2, -0.15) is 12.7 Å². The second-order valence-electron chi connectivity index (χ2n) is 12.9. The van der Waals surface area contributed by atoms with Crippen LogP contribution in [0.5, 0.6) is 0 Å². The number of carbonyl (C=O) groups excluding carboxylic acids is 4. The van der Waals surface area contributed by atoms with Crippen LogP contribution >= 0.6 is 0 Å². The molecule has 4 amide bonds. The van der Waals surface area contributed by atoms with Gasteiger partial charge in [-0.15, -0.1) is 0 Å². The molecule has 0 unspecified atom stereocenters. The van der Waals surface area contributed by atoms with E-state index in [1.54, 1.807) is 45.0 Å². The first-order valence-electron chi connectivity index (χ1n) is 15.3. The largest absolute Gasteiger partial charge is 0.444 e. The van der Waals surface area contributed by atoms with Crippen molar-refractivity contribution in [2.24, 2.45) is 5.92 Å². The predicted molar refractivity (Wildman–Crippen MR) is 164 cm³/mol. The number of hydrogen-bond donors (Lipinski definition) is 3. The second kappa shape index (κ2) is 13.7. The molecule has 0 spiro atoms. The molecule has 3 aliphatic rings. The van der Waals surface area contributed by atoms with E-state index in [1.807, 2.05) is 18.2 Å². The molecule has 4 atom stereocenters. The molecule has 0 aromatic heterocycles. The molecule has 2 fully saturated rings. The maximum Gasteiger partial charge on any atom is 0.408 e. The predicted octanol–water partition coefficient (Wildman–Crippen LogP) is 2.76. The number of allylic oxidation sites excluding steroid dienone is 1. The van der Waals surface area contributed by atoms with Gasteiger partial charge in [-0.3, -0.25) is 14.4 Å². The first kappa shape index (κ1) is 33.4. The van der Waals surface area contributed by atoms with Crippen LogP contribution in [0.1, 0.15) is 77.7 Å². The molecule has 4 rings (SSSR count). The van der Waals surface area contributed by atoms with E-state index >= 15 is 0 Å². The second-order valence-corrected chi connectivity index (χ2v) is 14.7. The molecular weight excluding hydrogens is 586 g/mol. The van der Waals surface area contributed by atoms with Gasteiger partial charge in [0, 0.05) is 26.1 Å². The van der Waals surface area contributed by atoms with E-state index < -0.39 is 57.3 Å². The van der Waals surface area contributed by atoms with Crippen LogP contribution in [0.25, 0.3) is 0 Å². The Morgan fingerprint density at radius 3 is 2.52 bits per heavy atom. The molecule has 242 valence electrons. The maximum absolute atomic E-state index is 13.7. The third-order valence-corrected chi connectivity index (χ3v) is 9.60. The van der Waals surface area contributed by atoms with Gasteiger partial charge >= 0.3 is 16.3 Å². The lowest BCUT2D eigenvalue weighted by Crippen LogP contribution is -2.59. The summed E-state index contributed by atoms with van der Waals surface area (Å²) in [6, 6.07) is 7.28. The van der Waals surface area contributed by atoms with Crippen LogP contribution in [-0.2, 0) is 35.9 Å². The number of ether oxygens (including phenoxy) is 1. The van der Waals surface area contributed by atoms with Crippen molar-refractivity contribution in [2.75, 3.05) is 13.6 Å². The quantitative estimate of drug-likeness (QED) is 0.408. The average Bonchev–Trinajstić information content (AvgIpc) is 3.40. The number of amides is 4. The fourth-order valence-electron chi connectivity index (χ4n) is 5.75. The van der Waals surface area contributed by atoms with E-state index in [0.717, 1.165) is 22.7 Å². The van der Waals surface area contributed by atoms with Crippen LogP contribution in [-0.4, -0.2) is 78.3 Å². The molecule has 1 saturated heterocycles. The van der Waals surface area contributed by atoms with Gasteiger partial charge in [-0.25, -0.2) is 9.52 Å². The minimum atomic E-state index is -4.22. The zero-order valence-corrected chi connectivity index (χ0v) is 26.8. The molecular formula is C31H45N5O7S. The van der Waals surface area contributed by atoms with E-state index in [1.165, 1.54) is 11.9 Å². The Hall–Kier alpha value is -3.45. The zero-order valence-electron chi connectivity index (χ0n) is 26.0. The van der Waals surface area contributed by atoms with Crippen molar-refractivity contribution in [1.29, 1.82) is 0 Å². The molecule has 2 heterocycles. The molecule has 1 aromatic rings. The Labute approximate surface area is 260 Å². The van der Waals surface area contributed by atoms with Crippen molar-refractivity contribution in [2.45, 2.75) is 102 Å². The summed E-state index contributed by atoms with van der Waals surface area (Å²) in [7, 11) is -2.84. The van der Waals surface area contributed by atoms with Crippen LogP contribution in [0.2, 0.25) is 0 Å². The zero-order chi connectivity index (χ0) is 32.1. The van der Waals surface area contributed by atoms with Crippen molar-refractivity contribution >= 4 is 34.0 Å². The Balaban J connectivity index is 1.52. The topological polar surface area (TPSA) is 154 Å². The van der Waals surface area contributed by atoms with E-state index in [2.05, 4.69) is 15.4 Å². The first-order valence-corrected chi connectivity index (χ1v) is 16.8. The van der Waals surface area contributed by atoms with Crippen molar-refractivity contribution in [3.05, 3.63) is 48.0 Å². The SMILES string of the molecule is CN(Cc1ccccc1)S(=O)(=O)NC(=O)[C@@]12C[C@@H]1/C=C\CCCCC[C@H](NC(=O)OC(C)(C)C)C(=O)N1CCC[C@H]1C(=O)N2. The number of rotatable bonds is 6. The molecule has 44 heavy (non-hydrogen) atoms. The highest BCUT2D eigenvalue weighted by atomic mass is 32.2. The number of nitrogens with one attached hydrogen (secondary N) is 3. The lowest BCUT2D eigenvalue weighted by molar-refractivity contribution is -0.141. The molecule has 13 heteroatoms. The summed E-state index contributed by atoms with van der Waals surface area (Å²) < 4.78 is 34.9. The number of alkyl carbamates (subject to hydrolysis) is 1.